The van der Waals surface area contributed by atoms with Crippen LogP contribution in [0.25, 0.3) is 0 Å². The van der Waals surface area contributed by atoms with Crippen LogP contribution in [0.4, 0.5) is 4.39 Å². The molecule has 1 aromatic rings. The zero-order valence-electron chi connectivity index (χ0n) is 11.4. The van der Waals surface area contributed by atoms with E-state index in [1.54, 1.807) is 12.1 Å². The van der Waals surface area contributed by atoms with Gasteiger partial charge in [0.05, 0.1) is 12.6 Å². The number of hydrogen-bond donors (Lipinski definition) is 2. The van der Waals surface area contributed by atoms with Gasteiger partial charge in [-0.05, 0) is 19.1 Å². The summed E-state index contributed by atoms with van der Waals surface area (Å²) in [6.07, 6.45) is 0. The molecule has 1 saturated heterocycles. The highest BCUT2D eigenvalue weighted by Crippen LogP contribution is 2.15. The quantitative estimate of drug-likeness (QED) is 0.771. The molecule has 0 saturated carbocycles. The zero-order chi connectivity index (χ0) is 14.5. The van der Waals surface area contributed by atoms with Crippen molar-refractivity contribution in [2.75, 3.05) is 19.6 Å². The van der Waals surface area contributed by atoms with E-state index in [0.29, 0.717) is 24.2 Å². The molecule has 20 heavy (non-hydrogen) atoms. The number of rotatable bonds is 2. The first kappa shape index (κ1) is 14.5. The van der Waals surface area contributed by atoms with Gasteiger partial charge in [0, 0.05) is 30.8 Å². The Labute approximate surface area is 118 Å². The van der Waals surface area contributed by atoms with E-state index < -0.39 is 0 Å². The Hall–Kier alpha value is -1.90. The van der Waals surface area contributed by atoms with Crippen molar-refractivity contribution in [1.82, 2.24) is 10.2 Å². The molecule has 0 aromatic heterocycles. The minimum atomic E-state index is -0.299. The number of carbonyl (C=O) groups excluding carboxylic acids is 1. The normalized spacial score (nSPS) is 19.1. The van der Waals surface area contributed by atoms with Crippen molar-refractivity contribution in [2.45, 2.75) is 19.5 Å². The Morgan fingerprint density at radius 2 is 2.35 bits per heavy atom. The van der Waals surface area contributed by atoms with Crippen LogP contribution in [0, 0.1) is 17.7 Å². The molecule has 0 aliphatic carbocycles. The second-order valence-corrected chi connectivity index (χ2v) is 4.75. The van der Waals surface area contributed by atoms with Gasteiger partial charge in [0.1, 0.15) is 5.82 Å². The monoisotopic (exact) mass is 275 g/mol. The highest BCUT2D eigenvalue weighted by molar-refractivity contribution is 5.81. The molecule has 0 bridgehead atoms. The van der Waals surface area contributed by atoms with Crippen molar-refractivity contribution in [3.8, 4) is 11.8 Å². The summed E-state index contributed by atoms with van der Waals surface area (Å²) in [4.78, 5) is 13.5. The average Bonchev–Trinajstić information content (AvgIpc) is 2.44. The Morgan fingerprint density at radius 1 is 1.55 bits per heavy atom. The van der Waals surface area contributed by atoms with Gasteiger partial charge in [0.15, 0.2) is 0 Å². The summed E-state index contributed by atoms with van der Waals surface area (Å²) in [5.41, 5.74) is 6.47. The zero-order valence-corrected chi connectivity index (χ0v) is 11.4. The predicted octanol–water partition coefficient (Wildman–Crippen LogP) is 0.456. The largest absolute Gasteiger partial charge is 0.353 e. The number of amides is 1. The molecule has 1 aromatic carbocycles. The van der Waals surface area contributed by atoms with E-state index in [1.165, 1.54) is 6.07 Å². The Kier molecular flexibility index (Phi) is 4.72. The van der Waals surface area contributed by atoms with Crippen molar-refractivity contribution in [3.63, 3.8) is 0 Å². The molecule has 1 heterocycles. The lowest BCUT2D eigenvalue weighted by atomic mass is 10.1. The van der Waals surface area contributed by atoms with Gasteiger partial charge >= 0.3 is 0 Å². The summed E-state index contributed by atoms with van der Waals surface area (Å²) in [5.74, 6) is 5.18. The van der Waals surface area contributed by atoms with E-state index in [-0.39, 0.29) is 24.3 Å². The van der Waals surface area contributed by atoms with Crippen LogP contribution in [0.5, 0.6) is 0 Å². The minimum absolute atomic E-state index is 0.0120. The lowest BCUT2D eigenvalue weighted by molar-refractivity contribution is -0.128. The van der Waals surface area contributed by atoms with Crippen molar-refractivity contribution in [2.24, 2.45) is 5.73 Å². The fraction of sp³-hybridized carbons (Fsp3) is 0.400. The summed E-state index contributed by atoms with van der Waals surface area (Å²) >= 11 is 0. The van der Waals surface area contributed by atoms with Gasteiger partial charge in [0.25, 0.3) is 0 Å². The van der Waals surface area contributed by atoms with Crippen LogP contribution in [0.1, 0.15) is 18.1 Å². The van der Waals surface area contributed by atoms with Crippen LogP contribution < -0.4 is 11.1 Å². The van der Waals surface area contributed by atoms with E-state index >= 15 is 0 Å². The van der Waals surface area contributed by atoms with E-state index in [9.17, 15) is 9.18 Å². The molecule has 1 atom stereocenters. The fourth-order valence-electron chi connectivity index (χ4n) is 2.17. The maximum absolute atomic E-state index is 14.0. The Balaban J connectivity index is 2.11. The van der Waals surface area contributed by atoms with Crippen molar-refractivity contribution < 1.29 is 9.18 Å². The highest BCUT2D eigenvalue weighted by atomic mass is 19.1. The molecule has 1 fully saturated rings. The molecule has 0 spiro atoms. The molecule has 1 aliphatic heterocycles. The molecule has 2 rings (SSSR count). The summed E-state index contributed by atoms with van der Waals surface area (Å²) in [6, 6.07) is 4.66. The number of piperazine rings is 1. The lowest BCUT2D eigenvalue weighted by Gasteiger charge is -2.32. The Bertz CT molecular complexity index is 562. The molecule has 106 valence electrons. The van der Waals surface area contributed by atoms with Gasteiger partial charge in [0.2, 0.25) is 5.91 Å². The number of nitrogens with two attached hydrogens (primary N) is 1. The van der Waals surface area contributed by atoms with Crippen LogP contribution in [0.15, 0.2) is 18.2 Å². The molecule has 0 radical (unpaired) electrons. The van der Waals surface area contributed by atoms with E-state index in [4.69, 9.17) is 5.73 Å². The van der Waals surface area contributed by atoms with Crippen molar-refractivity contribution in [1.29, 1.82) is 0 Å². The van der Waals surface area contributed by atoms with Crippen LogP contribution in [0.2, 0.25) is 0 Å². The number of benzene rings is 1. The molecule has 3 N–H and O–H groups in total. The van der Waals surface area contributed by atoms with Gasteiger partial charge < -0.3 is 11.1 Å². The predicted molar refractivity (Wildman–Crippen MR) is 75.2 cm³/mol. The molecule has 5 heteroatoms. The Morgan fingerprint density at radius 3 is 3.05 bits per heavy atom. The van der Waals surface area contributed by atoms with Gasteiger partial charge in [-0.3, -0.25) is 9.69 Å². The highest BCUT2D eigenvalue weighted by Gasteiger charge is 2.25. The topological polar surface area (TPSA) is 58.4 Å². The van der Waals surface area contributed by atoms with E-state index in [2.05, 4.69) is 17.2 Å². The number of carbonyl (C=O) groups is 1. The van der Waals surface area contributed by atoms with Gasteiger partial charge in [-0.15, -0.1) is 0 Å². The fourth-order valence-corrected chi connectivity index (χ4v) is 2.17. The summed E-state index contributed by atoms with van der Waals surface area (Å²) in [7, 11) is 0. The van der Waals surface area contributed by atoms with Gasteiger partial charge in [-0.25, -0.2) is 4.39 Å². The maximum Gasteiger partial charge on any atom is 0.237 e. The summed E-state index contributed by atoms with van der Waals surface area (Å²) in [5, 5.41) is 2.79. The number of hydrogen-bond acceptors (Lipinski definition) is 3. The van der Waals surface area contributed by atoms with E-state index in [0.717, 1.165) is 6.54 Å². The second kappa shape index (κ2) is 6.51. The van der Waals surface area contributed by atoms with Crippen LogP contribution in [-0.2, 0) is 11.3 Å². The minimum Gasteiger partial charge on any atom is -0.353 e. The first-order chi connectivity index (χ1) is 9.61. The third-order valence-corrected chi connectivity index (χ3v) is 3.39. The van der Waals surface area contributed by atoms with Crippen LogP contribution >= 0.6 is 0 Å². The molecular formula is C15H18FN3O. The lowest BCUT2D eigenvalue weighted by Crippen LogP contribution is -2.53. The van der Waals surface area contributed by atoms with E-state index in [1.807, 2.05) is 11.8 Å². The van der Waals surface area contributed by atoms with Gasteiger partial charge in [-0.2, -0.15) is 0 Å². The number of nitrogens with zero attached hydrogens (tertiary/aromatic N) is 1. The second-order valence-electron chi connectivity index (χ2n) is 4.75. The third kappa shape index (κ3) is 3.35. The molecular weight excluding hydrogens is 257 g/mol. The number of halogens is 1. The summed E-state index contributed by atoms with van der Waals surface area (Å²) in [6.45, 7) is 3.83. The summed E-state index contributed by atoms with van der Waals surface area (Å²) < 4.78 is 14.0. The third-order valence-electron chi connectivity index (χ3n) is 3.39. The first-order valence-electron chi connectivity index (χ1n) is 6.61. The maximum atomic E-state index is 14.0. The molecule has 1 amide bonds. The number of nitrogens with one attached hydrogen (secondary N) is 1. The smallest absolute Gasteiger partial charge is 0.237 e. The first-order valence-corrected chi connectivity index (χ1v) is 6.61. The van der Waals surface area contributed by atoms with Crippen molar-refractivity contribution >= 4 is 5.91 Å². The molecule has 4 nitrogen and oxygen atoms in total. The molecule has 1 unspecified atom stereocenters. The van der Waals surface area contributed by atoms with Crippen molar-refractivity contribution in [3.05, 3.63) is 35.1 Å². The standard InChI is InChI=1S/C15H18FN3O/c1-11-15(20)18-7-8-19(11)10-13-5-4-12(3-2-6-17)9-14(13)16/h4-5,9,11H,6-8,10,17H2,1H3,(H,18,20). The molecule has 1 aliphatic rings. The average molecular weight is 275 g/mol. The van der Waals surface area contributed by atoms with Crippen LogP contribution in [0.3, 0.4) is 0 Å². The van der Waals surface area contributed by atoms with Gasteiger partial charge in [-0.1, -0.05) is 17.9 Å². The SMILES string of the molecule is CC1C(=O)NCCN1Cc1ccc(C#CCN)cc1F. The van der Waals surface area contributed by atoms with Crippen LogP contribution in [-0.4, -0.2) is 36.5 Å².